The zero-order valence-electron chi connectivity index (χ0n) is 19.3. The van der Waals surface area contributed by atoms with Crippen molar-refractivity contribution < 1.29 is 14.3 Å². The first-order valence-electron chi connectivity index (χ1n) is 11.7. The minimum Gasteiger partial charge on any atom is -0.497 e. The van der Waals surface area contributed by atoms with Gasteiger partial charge in [0.15, 0.2) is 0 Å². The number of methoxy groups -OCH3 is 1. The van der Waals surface area contributed by atoms with Crippen LogP contribution in [0.1, 0.15) is 73.5 Å². The standard InChI is InChI=1S/C25H34N4O3/c1-17-5-4-6-18(2)29(17)25(31)22-16-26-27-24(22)20-11-13-28(14-12-20)23(30)15-19-7-9-21(32-3)10-8-19/h7-10,16-18,20H,4-6,11-15H2,1-3H3,(H,26,27). The number of aromatic amines is 1. The van der Waals surface area contributed by atoms with Gasteiger partial charge < -0.3 is 14.5 Å². The fraction of sp³-hybridized carbons (Fsp3) is 0.560. The average molecular weight is 439 g/mol. The van der Waals surface area contributed by atoms with Gasteiger partial charge in [0.05, 0.1) is 31.0 Å². The lowest BCUT2D eigenvalue weighted by atomic mass is 9.90. The number of carbonyl (C=O) groups is 2. The van der Waals surface area contributed by atoms with E-state index in [2.05, 4.69) is 24.0 Å². The summed E-state index contributed by atoms with van der Waals surface area (Å²) in [7, 11) is 1.64. The number of piperidine rings is 2. The molecule has 2 atom stereocenters. The highest BCUT2D eigenvalue weighted by molar-refractivity contribution is 5.95. The Morgan fingerprint density at radius 1 is 1.06 bits per heavy atom. The van der Waals surface area contributed by atoms with E-state index in [-0.39, 0.29) is 29.8 Å². The molecule has 2 fully saturated rings. The Labute approximate surface area is 190 Å². The Balaban J connectivity index is 1.37. The number of likely N-dealkylation sites (tertiary alicyclic amines) is 2. The molecule has 32 heavy (non-hydrogen) atoms. The maximum absolute atomic E-state index is 13.4. The average Bonchev–Trinajstić information content (AvgIpc) is 3.29. The SMILES string of the molecule is COc1ccc(CC(=O)N2CCC(c3[nH]ncc3C(=O)N3C(C)CCCC3C)CC2)cc1. The van der Waals surface area contributed by atoms with Gasteiger partial charge in [0.2, 0.25) is 5.91 Å². The lowest BCUT2D eigenvalue weighted by Crippen LogP contribution is -2.47. The predicted molar refractivity (Wildman–Crippen MR) is 123 cm³/mol. The summed E-state index contributed by atoms with van der Waals surface area (Å²) in [4.78, 5) is 30.1. The summed E-state index contributed by atoms with van der Waals surface area (Å²) < 4.78 is 5.18. The van der Waals surface area contributed by atoms with Gasteiger partial charge in [-0.2, -0.15) is 5.10 Å². The van der Waals surface area contributed by atoms with Crippen molar-refractivity contribution in [2.45, 2.75) is 70.4 Å². The van der Waals surface area contributed by atoms with Crippen LogP contribution in [0.5, 0.6) is 5.75 Å². The summed E-state index contributed by atoms with van der Waals surface area (Å²) in [6.45, 7) is 5.67. The number of ether oxygens (including phenoxy) is 1. The van der Waals surface area contributed by atoms with Gasteiger partial charge in [-0.3, -0.25) is 14.7 Å². The molecule has 0 bridgehead atoms. The van der Waals surface area contributed by atoms with E-state index in [9.17, 15) is 9.59 Å². The van der Waals surface area contributed by atoms with Gasteiger partial charge in [-0.05, 0) is 63.6 Å². The van der Waals surface area contributed by atoms with E-state index in [1.165, 1.54) is 6.42 Å². The molecule has 0 aliphatic carbocycles. The normalized spacial score (nSPS) is 22.1. The van der Waals surface area contributed by atoms with Crippen LogP contribution in [0.4, 0.5) is 0 Å². The highest BCUT2D eigenvalue weighted by atomic mass is 16.5. The molecule has 2 amide bonds. The molecule has 2 aliphatic rings. The lowest BCUT2D eigenvalue weighted by Gasteiger charge is -2.39. The van der Waals surface area contributed by atoms with Crippen LogP contribution in [-0.2, 0) is 11.2 Å². The molecular formula is C25H34N4O3. The lowest BCUT2D eigenvalue weighted by molar-refractivity contribution is -0.131. The minimum atomic E-state index is 0.0893. The van der Waals surface area contributed by atoms with Crippen molar-refractivity contribution in [3.63, 3.8) is 0 Å². The van der Waals surface area contributed by atoms with Gasteiger partial charge in [0, 0.05) is 31.1 Å². The van der Waals surface area contributed by atoms with Crippen LogP contribution in [0.3, 0.4) is 0 Å². The van der Waals surface area contributed by atoms with Crippen molar-refractivity contribution >= 4 is 11.8 Å². The summed E-state index contributed by atoms with van der Waals surface area (Å²) in [6.07, 6.45) is 7.03. The molecule has 1 N–H and O–H groups in total. The van der Waals surface area contributed by atoms with Crippen molar-refractivity contribution in [2.75, 3.05) is 20.2 Å². The first-order valence-corrected chi connectivity index (χ1v) is 11.7. The van der Waals surface area contributed by atoms with Crippen molar-refractivity contribution in [1.82, 2.24) is 20.0 Å². The number of H-pyrrole nitrogens is 1. The number of aromatic nitrogens is 2. The summed E-state index contributed by atoms with van der Waals surface area (Å²) in [5.74, 6) is 1.24. The Kier molecular flexibility index (Phi) is 6.82. The molecule has 3 heterocycles. The van der Waals surface area contributed by atoms with E-state index >= 15 is 0 Å². The molecule has 2 aromatic rings. The second-order valence-electron chi connectivity index (χ2n) is 9.22. The fourth-order valence-corrected chi connectivity index (χ4v) is 5.19. The Bertz CT molecular complexity index is 921. The van der Waals surface area contributed by atoms with Crippen LogP contribution in [0.25, 0.3) is 0 Å². The zero-order valence-corrected chi connectivity index (χ0v) is 19.3. The first-order chi connectivity index (χ1) is 15.5. The largest absolute Gasteiger partial charge is 0.497 e. The number of nitrogens with zero attached hydrogens (tertiary/aromatic N) is 3. The number of nitrogens with one attached hydrogen (secondary N) is 1. The van der Waals surface area contributed by atoms with E-state index in [1.54, 1.807) is 13.3 Å². The monoisotopic (exact) mass is 438 g/mol. The molecule has 7 nitrogen and oxygen atoms in total. The van der Waals surface area contributed by atoms with Crippen LogP contribution < -0.4 is 4.74 Å². The van der Waals surface area contributed by atoms with Crippen molar-refractivity contribution in [1.29, 1.82) is 0 Å². The molecule has 2 saturated heterocycles. The maximum Gasteiger partial charge on any atom is 0.257 e. The topological polar surface area (TPSA) is 78.5 Å². The molecule has 0 spiro atoms. The molecule has 2 aliphatic heterocycles. The summed E-state index contributed by atoms with van der Waals surface area (Å²) in [5, 5.41) is 7.33. The van der Waals surface area contributed by atoms with E-state index < -0.39 is 0 Å². The molecule has 1 aromatic heterocycles. The van der Waals surface area contributed by atoms with Gasteiger partial charge in [0.1, 0.15) is 5.75 Å². The molecule has 0 saturated carbocycles. The Hall–Kier alpha value is -2.83. The fourth-order valence-electron chi connectivity index (χ4n) is 5.19. The van der Waals surface area contributed by atoms with E-state index in [1.807, 2.05) is 34.1 Å². The highest BCUT2D eigenvalue weighted by Crippen LogP contribution is 2.32. The zero-order chi connectivity index (χ0) is 22.7. The van der Waals surface area contributed by atoms with Gasteiger partial charge in [0.25, 0.3) is 5.91 Å². The molecule has 7 heteroatoms. The van der Waals surface area contributed by atoms with E-state index in [4.69, 9.17) is 4.74 Å². The van der Waals surface area contributed by atoms with Crippen LogP contribution in [0.2, 0.25) is 0 Å². The second-order valence-corrected chi connectivity index (χ2v) is 9.22. The summed E-state index contributed by atoms with van der Waals surface area (Å²) in [6, 6.07) is 8.16. The number of amides is 2. The summed E-state index contributed by atoms with van der Waals surface area (Å²) in [5.41, 5.74) is 2.62. The highest BCUT2D eigenvalue weighted by Gasteiger charge is 2.34. The molecule has 1 aromatic carbocycles. The maximum atomic E-state index is 13.4. The van der Waals surface area contributed by atoms with Crippen LogP contribution in [-0.4, -0.2) is 64.1 Å². The predicted octanol–water partition coefficient (Wildman–Crippen LogP) is 3.77. The van der Waals surface area contributed by atoms with Crippen LogP contribution in [0, 0.1) is 0 Å². The third kappa shape index (κ3) is 4.66. The molecule has 0 radical (unpaired) electrons. The molecule has 4 rings (SSSR count). The van der Waals surface area contributed by atoms with Crippen molar-refractivity contribution in [3.05, 3.63) is 47.3 Å². The number of benzene rings is 1. The third-order valence-electron chi connectivity index (χ3n) is 7.10. The second kappa shape index (κ2) is 9.76. The van der Waals surface area contributed by atoms with Crippen LogP contribution in [0.15, 0.2) is 30.5 Å². The van der Waals surface area contributed by atoms with E-state index in [0.29, 0.717) is 25.1 Å². The molecule has 172 valence electrons. The number of hydrogen-bond acceptors (Lipinski definition) is 4. The van der Waals surface area contributed by atoms with Gasteiger partial charge in [-0.25, -0.2) is 0 Å². The molecular weight excluding hydrogens is 404 g/mol. The van der Waals surface area contributed by atoms with Gasteiger partial charge >= 0.3 is 0 Å². The summed E-state index contributed by atoms with van der Waals surface area (Å²) >= 11 is 0. The van der Waals surface area contributed by atoms with Gasteiger partial charge in [-0.15, -0.1) is 0 Å². The van der Waals surface area contributed by atoms with E-state index in [0.717, 1.165) is 42.7 Å². The van der Waals surface area contributed by atoms with Crippen molar-refractivity contribution in [3.8, 4) is 5.75 Å². The number of rotatable bonds is 5. The third-order valence-corrected chi connectivity index (χ3v) is 7.10. The van der Waals surface area contributed by atoms with Crippen LogP contribution >= 0.6 is 0 Å². The number of hydrogen-bond donors (Lipinski definition) is 1. The molecule has 2 unspecified atom stereocenters. The quantitative estimate of drug-likeness (QED) is 0.771. The minimum absolute atomic E-state index is 0.0893. The first kappa shape index (κ1) is 22.4. The van der Waals surface area contributed by atoms with Gasteiger partial charge in [-0.1, -0.05) is 12.1 Å². The van der Waals surface area contributed by atoms with Crippen molar-refractivity contribution in [2.24, 2.45) is 0 Å². The Morgan fingerprint density at radius 2 is 1.72 bits per heavy atom. The smallest absolute Gasteiger partial charge is 0.257 e. The number of carbonyl (C=O) groups excluding carboxylic acids is 2. The Morgan fingerprint density at radius 3 is 2.34 bits per heavy atom.